The molecular formula is C21H24NO2+. The zero-order valence-electron chi connectivity index (χ0n) is 13.9. The minimum atomic E-state index is -0.498. The third-order valence-corrected chi connectivity index (χ3v) is 4.25. The maximum atomic E-state index is 10.2. The summed E-state index contributed by atoms with van der Waals surface area (Å²) in [5, 5.41) is 14.6. The molecule has 0 aromatic heterocycles. The lowest BCUT2D eigenvalue weighted by molar-refractivity contribution is -0.698. The fraction of sp³-hybridized carbons (Fsp3) is 0.238. The SMILES string of the molecule is CC([NH2+]CC(O)COc1ccc2ccccc2c1)c1ccccc1. The molecule has 3 N–H and O–H groups in total. The molecular weight excluding hydrogens is 298 g/mol. The van der Waals surface area contributed by atoms with Gasteiger partial charge in [0.05, 0.1) is 0 Å². The van der Waals surface area contributed by atoms with Crippen molar-refractivity contribution in [2.45, 2.75) is 19.1 Å². The first kappa shape index (κ1) is 16.5. The Hall–Kier alpha value is -2.36. The summed E-state index contributed by atoms with van der Waals surface area (Å²) in [6.45, 7) is 3.06. The highest BCUT2D eigenvalue weighted by atomic mass is 16.5. The number of aliphatic hydroxyl groups excluding tert-OH is 1. The van der Waals surface area contributed by atoms with E-state index in [-0.39, 0.29) is 0 Å². The van der Waals surface area contributed by atoms with Crippen molar-refractivity contribution >= 4 is 10.8 Å². The summed E-state index contributed by atoms with van der Waals surface area (Å²) in [4.78, 5) is 0. The van der Waals surface area contributed by atoms with Crippen LogP contribution in [0.4, 0.5) is 0 Å². The molecule has 0 saturated heterocycles. The van der Waals surface area contributed by atoms with Crippen molar-refractivity contribution in [1.29, 1.82) is 0 Å². The van der Waals surface area contributed by atoms with Gasteiger partial charge in [0.1, 0.15) is 31.0 Å². The van der Waals surface area contributed by atoms with E-state index in [4.69, 9.17) is 4.74 Å². The van der Waals surface area contributed by atoms with Gasteiger partial charge < -0.3 is 15.2 Å². The van der Waals surface area contributed by atoms with Gasteiger partial charge in [-0.05, 0) is 29.8 Å². The third-order valence-electron chi connectivity index (χ3n) is 4.25. The number of aliphatic hydroxyl groups is 1. The van der Waals surface area contributed by atoms with Gasteiger partial charge in [-0.2, -0.15) is 0 Å². The molecule has 3 rings (SSSR count). The first-order valence-electron chi connectivity index (χ1n) is 8.40. The Balaban J connectivity index is 1.48. The number of hydrogen-bond donors (Lipinski definition) is 2. The molecule has 0 aliphatic carbocycles. The molecule has 124 valence electrons. The van der Waals surface area contributed by atoms with Crippen molar-refractivity contribution < 1.29 is 15.2 Å². The maximum Gasteiger partial charge on any atom is 0.137 e. The second-order valence-corrected chi connectivity index (χ2v) is 6.14. The molecule has 24 heavy (non-hydrogen) atoms. The lowest BCUT2D eigenvalue weighted by atomic mass is 10.1. The van der Waals surface area contributed by atoms with Gasteiger partial charge in [-0.15, -0.1) is 0 Å². The molecule has 3 heteroatoms. The van der Waals surface area contributed by atoms with E-state index < -0.39 is 6.10 Å². The number of quaternary nitrogens is 1. The quantitative estimate of drug-likeness (QED) is 0.702. The van der Waals surface area contributed by atoms with Crippen LogP contribution < -0.4 is 10.1 Å². The van der Waals surface area contributed by atoms with Gasteiger partial charge in [0.2, 0.25) is 0 Å². The monoisotopic (exact) mass is 322 g/mol. The van der Waals surface area contributed by atoms with Crippen molar-refractivity contribution in [2.24, 2.45) is 0 Å². The Morgan fingerprint density at radius 3 is 2.42 bits per heavy atom. The van der Waals surface area contributed by atoms with Crippen LogP contribution in [0.25, 0.3) is 10.8 Å². The second kappa shape index (κ2) is 7.95. The van der Waals surface area contributed by atoms with E-state index in [1.54, 1.807) is 0 Å². The van der Waals surface area contributed by atoms with Crippen molar-refractivity contribution in [3.63, 3.8) is 0 Å². The molecule has 3 aromatic carbocycles. The zero-order valence-corrected chi connectivity index (χ0v) is 13.9. The van der Waals surface area contributed by atoms with Gasteiger partial charge in [-0.1, -0.05) is 60.7 Å². The first-order chi connectivity index (χ1) is 11.7. The molecule has 0 radical (unpaired) electrons. The molecule has 0 bridgehead atoms. The van der Waals surface area contributed by atoms with Crippen LogP contribution in [0.15, 0.2) is 72.8 Å². The van der Waals surface area contributed by atoms with Gasteiger partial charge in [-0.25, -0.2) is 0 Å². The number of ether oxygens (including phenoxy) is 1. The summed E-state index contributed by atoms with van der Waals surface area (Å²) in [6.07, 6.45) is -0.498. The zero-order chi connectivity index (χ0) is 16.8. The molecule has 3 aromatic rings. The molecule has 2 atom stereocenters. The number of nitrogens with two attached hydrogens (primary N) is 1. The van der Waals surface area contributed by atoms with Gasteiger partial charge >= 0.3 is 0 Å². The number of hydrogen-bond acceptors (Lipinski definition) is 2. The molecule has 2 unspecified atom stereocenters. The third kappa shape index (κ3) is 4.34. The van der Waals surface area contributed by atoms with Gasteiger partial charge in [0.15, 0.2) is 0 Å². The summed E-state index contributed by atoms with van der Waals surface area (Å²) in [5.41, 5.74) is 1.26. The van der Waals surface area contributed by atoms with Crippen molar-refractivity contribution in [2.75, 3.05) is 13.2 Å². The highest BCUT2D eigenvalue weighted by Gasteiger charge is 2.12. The topological polar surface area (TPSA) is 46.1 Å². The van der Waals surface area contributed by atoms with Crippen LogP contribution in [0.3, 0.4) is 0 Å². The summed E-state index contributed by atoms with van der Waals surface area (Å²) in [7, 11) is 0. The molecule has 0 amide bonds. The van der Waals surface area contributed by atoms with E-state index in [1.165, 1.54) is 10.9 Å². The van der Waals surface area contributed by atoms with E-state index >= 15 is 0 Å². The summed E-state index contributed by atoms with van der Waals surface area (Å²) in [6, 6.07) is 24.8. The molecule has 0 fully saturated rings. The average molecular weight is 322 g/mol. The minimum absolute atomic E-state index is 0.302. The molecule has 0 saturated carbocycles. The Morgan fingerprint density at radius 1 is 0.917 bits per heavy atom. The van der Waals surface area contributed by atoms with E-state index in [9.17, 15) is 5.11 Å². The smallest absolute Gasteiger partial charge is 0.137 e. The predicted molar refractivity (Wildman–Crippen MR) is 97.1 cm³/mol. The number of rotatable bonds is 7. The summed E-state index contributed by atoms with van der Waals surface area (Å²) < 4.78 is 5.74. The fourth-order valence-corrected chi connectivity index (χ4v) is 2.77. The van der Waals surface area contributed by atoms with Crippen LogP contribution in [-0.4, -0.2) is 24.4 Å². The Bertz CT molecular complexity index is 773. The van der Waals surface area contributed by atoms with E-state index in [2.05, 4.69) is 36.5 Å². The van der Waals surface area contributed by atoms with Crippen LogP contribution >= 0.6 is 0 Å². The average Bonchev–Trinajstić information content (AvgIpc) is 2.65. The molecule has 0 spiro atoms. The maximum absolute atomic E-state index is 10.2. The van der Waals surface area contributed by atoms with E-state index in [0.29, 0.717) is 19.2 Å². The van der Waals surface area contributed by atoms with Crippen LogP contribution in [0.2, 0.25) is 0 Å². The standard InChI is InChI=1S/C21H23NO2/c1-16(17-7-3-2-4-8-17)22-14-20(23)15-24-21-12-11-18-9-5-6-10-19(18)13-21/h2-13,16,20,22-23H,14-15H2,1H3/p+1. The molecule has 0 aliphatic heterocycles. The normalized spacial score (nSPS) is 13.6. The number of benzene rings is 3. The van der Waals surface area contributed by atoms with Crippen LogP contribution in [0.5, 0.6) is 5.75 Å². The van der Waals surface area contributed by atoms with Gasteiger partial charge in [-0.3, -0.25) is 0 Å². The van der Waals surface area contributed by atoms with E-state index in [1.807, 2.05) is 48.5 Å². The van der Waals surface area contributed by atoms with Crippen LogP contribution in [0, 0.1) is 0 Å². The summed E-state index contributed by atoms with van der Waals surface area (Å²) >= 11 is 0. The largest absolute Gasteiger partial charge is 0.491 e. The van der Waals surface area contributed by atoms with Crippen molar-refractivity contribution in [3.8, 4) is 5.75 Å². The highest BCUT2D eigenvalue weighted by Crippen LogP contribution is 2.20. The Morgan fingerprint density at radius 2 is 1.62 bits per heavy atom. The lowest BCUT2D eigenvalue weighted by Crippen LogP contribution is -2.87. The van der Waals surface area contributed by atoms with E-state index in [0.717, 1.165) is 11.1 Å². The Labute approximate surface area is 142 Å². The fourth-order valence-electron chi connectivity index (χ4n) is 2.77. The predicted octanol–water partition coefficient (Wildman–Crippen LogP) is 2.90. The summed E-state index contributed by atoms with van der Waals surface area (Å²) in [5.74, 6) is 0.795. The van der Waals surface area contributed by atoms with Crippen LogP contribution in [0.1, 0.15) is 18.5 Å². The van der Waals surface area contributed by atoms with Crippen molar-refractivity contribution in [3.05, 3.63) is 78.4 Å². The molecule has 3 nitrogen and oxygen atoms in total. The Kier molecular flexibility index (Phi) is 5.47. The second-order valence-electron chi connectivity index (χ2n) is 6.14. The van der Waals surface area contributed by atoms with Gasteiger partial charge in [0.25, 0.3) is 0 Å². The highest BCUT2D eigenvalue weighted by molar-refractivity contribution is 5.83. The first-order valence-corrected chi connectivity index (χ1v) is 8.40. The molecule has 0 aliphatic rings. The lowest BCUT2D eigenvalue weighted by Gasteiger charge is -2.15. The molecule has 0 heterocycles. The minimum Gasteiger partial charge on any atom is -0.491 e. The van der Waals surface area contributed by atoms with Crippen LogP contribution in [-0.2, 0) is 0 Å². The van der Waals surface area contributed by atoms with Crippen molar-refractivity contribution in [1.82, 2.24) is 0 Å². The number of fused-ring (bicyclic) bond motifs is 1. The van der Waals surface area contributed by atoms with Gasteiger partial charge in [0, 0.05) is 5.56 Å².